The van der Waals surface area contributed by atoms with E-state index in [1.54, 1.807) is 30.5 Å². The molecule has 0 spiro atoms. The highest BCUT2D eigenvalue weighted by atomic mass is 16.4. The van der Waals surface area contributed by atoms with Gasteiger partial charge in [0, 0.05) is 35.7 Å². The number of nitrogens with one attached hydrogen (secondary N) is 1. The van der Waals surface area contributed by atoms with E-state index in [-0.39, 0.29) is 5.56 Å². The summed E-state index contributed by atoms with van der Waals surface area (Å²) in [6.45, 7) is 5.31. The maximum absolute atomic E-state index is 11.2. The molecule has 0 radical (unpaired) electrons. The summed E-state index contributed by atoms with van der Waals surface area (Å²) in [5.74, 6) is 0.165. The molecule has 1 aliphatic heterocycles. The summed E-state index contributed by atoms with van der Waals surface area (Å²) in [5, 5.41) is 12.6. The fraction of sp³-hybridized carbons (Fsp3) is 0.231. The lowest BCUT2D eigenvalue weighted by molar-refractivity contribution is 0.0697. The van der Waals surface area contributed by atoms with Crippen molar-refractivity contribution in [1.29, 1.82) is 0 Å². The molecule has 7 heteroatoms. The molecule has 0 bridgehead atoms. The molecule has 2 N–H and O–H groups in total. The quantitative estimate of drug-likeness (QED) is 0.428. The second-order valence-electron chi connectivity index (χ2n) is 8.52. The Labute approximate surface area is 192 Å². The van der Waals surface area contributed by atoms with Crippen molar-refractivity contribution in [2.24, 2.45) is 0 Å². The van der Waals surface area contributed by atoms with Crippen LogP contribution in [0.3, 0.4) is 0 Å². The predicted molar refractivity (Wildman–Crippen MR) is 130 cm³/mol. The van der Waals surface area contributed by atoms with E-state index in [0.717, 1.165) is 28.9 Å². The number of hydrogen-bond acceptors (Lipinski definition) is 6. The second kappa shape index (κ2) is 8.50. The van der Waals surface area contributed by atoms with Gasteiger partial charge in [0.2, 0.25) is 0 Å². The van der Waals surface area contributed by atoms with Gasteiger partial charge >= 0.3 is 5.97 Å². The van der Waals surface area contributed by atoms with Crippen molar-refractivity contribution < 1.29 is 9.90 Å². The maximum Gasteiger partial charge on any atom is 0.335 e. The SMILES string of the molecule is Cc1cnc2c(Nc3cccc(N4CCC[C@@H]4C)c3)nc(-c3ccc(C(=O)O)cc3)nc2c1. The Hall–Kier alpha value is -4.00. The van der Waals surface area contributed by atoms with E-state index in [2.05, 4.69) is 40.3 Å². The van der Waals surface area contributed by atoms with Crippen LogP contribution in [0.2, 0.25) is 0 Å². The number of nitrogens with zero attached hydrogens (tertiary/aromatic N) is 4. The summed E-state index contributed by atoms with van der Waals surface area (Å²) in [4.78, 5) is 27.7. The monoisotopic (exact) mass is 439 g/mol. The van der Waals surface area contributed by atoms with Crippen LogP contribution in [0.4, 0.5) is 17.2 Å². The average molecular weight is 440 g/mol. The molecule has 0 amide bonds. The molecule has 7 nitrogen and oxygen atoms in total. The lowest BCUT2D eigenvalue weighted by Crippen LogP contribution is -2.26. The summed E-state index contributed by atoms with van der Waals surface area (Å²) in [6, 6.07) is 17.5. The lowest BCUT2D eigenvalue weighted by Gasteiger charge is -2.24. The molecular formula is C26H25N5O2. The number of aromatic carboxylic acids is 1. The first-order valence-electron chi connectivity index (χ1n) is 11.1. The molecule has 5 rings (SSSR count). The van der Waals surface area contributed by atoms with E-state index >= 15 is 0 Å². The number of hydrogen-bond donors (Lipinski definition) is 2. The molecule has 33 heavy (non-hydrogen) atoms. The van der Waals surface area contributed by atoms with Crippen LogP contribution in [0, 0.1) is 6.92 Å². The molecule has 2 aromatic heterocycles. The van der Waals surface area contributed by atoms with Crippen molar-refractivity contribution in [1.82, 2.24) is 15.0 Å². The van der Waals surface area contributed by atoms with Crippen LogP contribution in [0.25, 0.3) is 22.4 Å². The molecule has 1 atom stereocenters. The number of carboxylic acid groups (broad SMARTS) is 1. The summed E-state index contributed by atoms with van der Waals surface area (Å²) >= 11 is 0. The first-order valence-corrected chi connectivity index (χ1v) is 11.1. The van der Waals surface area contributed by atoms with E-state index in [1.807, 2.05) is 19.1 Å². The van der Waals surface area contributed by atoms with Crippen molar-refractivity contribution in [3.05, 3.63) is 71.9 Å². The maximum atomic E-state index is 11.2. The van der Waals surface area contributed by atoms with Gasteiger partial charge in [0.25, 0.3) is 0 Å². The van der Waals surface area contributed by atoms with Gasteiger partial charge in [0.1, 0.15) is 5.52 Å². The van der Waals surface area contributed by atoms with Crippen LogP contribution in [0.1, 0.15) is 35.7 Å². The molecule has 1 fully saturated rings. The Morgan fingerprint density at radius 2 is 1.94 bits per heavy atom. The third-order valence-corrected chi connectivity index (χ3v) is 6.06. The number of fused-ring (bicyclic) bond motifs is 1. The highest BCUT2D eigenvalue weighted by molar-refractivity contribution is 5.90. The first-order chi connectivity index (χ1) is 16.0. The van der Waals surface area contributed by atoms with Crippen LogP contribution in [0.5, 0.6) is 0 Å². The van der Waals surface area contributed by atoms with Gasteiger partial charge in [-0.25, -0.2) is 14.8 Å². The number of carbonyl (C=O) groups is 1. The number of pyridine rings is 1. The molecule has 0 saturated carbocycles. The average Bonchev–Trinajstić information content (AvgIpc) is 3.25. The highest BCUT2D eigenvalue weighted by Crippen LogP contribution is 2.30. The molecule has 0 aliphatic carbocycles. The van der Waals surface area contributed by atoms with Crippen molar-refractivity contribution in [2.45, 2.75) is 32.7 Å². The van der Waals surface area contributed by atoms with Gasteiger partial charge in [-0.15, -0.1) is 0 Å². The molecule has 1 saturated heterocycles. The number of aryl methyl sites for hydroxylation is 1. The fourth-order valence-corrected chi connectivity index (χ4v) is 4.31. The number of benzene rings is 2. The number of aromatic nitrogens is 3. The number of anilines is 3. The molecule has 3 heterocycles. The van der Waals surface area contributed by atoms with Crippen LogP contribution < -0.4 is 10.2 Å². The normalized spacial score (nSPS) is 15.7. The fourth-order valence-electron chi connectivity index (χ4n) is 4.31. The van der Waals surface area contributed by atoms with Crippen molar-refractivity contribution in [3.8, 4) is 11.4 Å². The van der Waals surface area contributed by atoms with E-state index < -0.39 is 5.97 Å². The highest BCUT2D eigenvalue weighted by Gasteiger charge is 2.21. The van der Waals surface area contributed by atoms with Gasteiger partial charge in [-0.3, -0.25) is 4.98 Å². The van der Waals surface area contributed by atoms with Crippen molar-refractivity contribution in [2.75, 3.05) is 16.8 Å². The number of rotatable bonds is 5. The topological polar surface area (TPSA) is 91.2 Å². The van der Waals surface area contributed by atoms with Crippen molar-refractivity contribution >= 4 is 34.2 Å². The molecular weight excluding hydrogens is 414 g/mol. The smallest absolute Gasteiger partial charge is 0.335 e. The van der Waals surface area contributed by atoms with Crippen LogP contribution in [-0.2, 0) is 0 Å². The minimum absolute atomic E-state index is 0.225. The Morgan fingerprint density at radius 3 is 2.67 bits per heavy atom. The van der Waals surface area contributed by atoms with Gasteiger partial charge in [-0.1, -0.05) is 18.2 Å². The zero-order valence-electron chi connectivity index (χ0n) is 18.6. The van der Waals surface area contributed by atoms with Crippen molar-refractivity contribution in [3.63, 3.8) is 0 Å². The second-order valence-corrected chi connectivity index (χ2v) is 8.52. The van der Waals surface area contributed by atoms with Gasteiger partial charge in [0.05, 0.1) is 11.1 Å². The Kier molecular flexibility index (Phi) is 5.38. The minimum atomic E-state index is -0.963. The van der Waals surface area contributed by atoms with Gasteiger partial charge < -0.3 is 15.3 Å². The van der Waals surface area contributed by atoms with E-state index in [0.29, 0.717) is 23.2 Å². The van der Waals surface area contributed by atoms with Crippen LogP contribution in [0.15, 0.2) is 60.8 Å². The Balaban J connectivity index is 1.55. The standard InChI is InChI=1S/C26H25N5O2/c1-16-13-22-23(27-15-16)25(30-24(29-22)18-8-10-19(11-9-18)26(32)33)28-20-6-3-7-21(14-20)31-12-4-5-17(31)2/h3,6-11,13-15,17H,4-5,12H2,1-2H3,(H,32,33)(H,28,29,30)/t17-/m0/s1. The van der Waals surface area contributed by atoms with E-state index in [1.165, 1.54) is 18.5 Å². The first kappa shape index (κ1) is 20.9. The van der Waals surface area contributed by atoms with Gasteiger partial charge in [0.15, 0.2) is 11.6 Å². The molecule has 4 aromatic rings. The third-order valence-electron chi connectivity index (χ3n) is 6.06. The van der Waals surface area contributed by atoms with E-state index in [9.17, 15) is 9.90 Å². The largest absolute Gasteiger partial charge is 0.478 e. The summed E-state index contributed by atoms with van der Waals surface area (Å²) in [6.07, 6.45) is 4.23. The predicted octanol–water partition coefficient (Wildman–Crippen LogP) is 5.43. The summed E-state index contributed by atoms with van der Waals surface area (Å²) < 4.78 is 0. The van der Waals surface area contributed by atoms with Gasteiger partial charge in [-0.05, 0) is 68.7 Å². The Bertz CT molecular complexity index is 1340. The molecule has 2 aromatic carbocycles. The van der Waals surface area contributed by atoms with Crippen LogP contribution in [-0.4, -0.2) is 38.6 Å². The zero-order chi connectivity index (χ0) is 22.9. The molecule has 166 valence electrons. The lowest BCUT2D eigenvalue weighted by atomic mass is 10.1. The third kappa shape index (κ3) is 4.22. The zero-order valence-corrected chi connectivity index (χ0v) is 18.6. The number of carboxylic acids is 1. The van der Waals surface area contributed by atoms with E-state index in [4.69, 9.17) is 9.97 Å². The summed E-state index contributed by atoms with van der Waals surface area (Å²) in [5.41, 5.74) is 5.51. The summed E-state index contributed by atoms with van der Waals surface area (Å²) in [7, 11) is 0. The molecule has 1 aliphatic rings. The van der Waals surface area contributed by atoms with Gasteiger partial charge in [-0.2, -0.15) is 0 Å². The Morgan fingerprint density at radius 1 is 1.12 bits per heavy atom. The molecule has 0 unspecified atom stereocenters. The minimum Gasteiger partial charge on any atom is -0.478 e. The van der Waals surface area contributed by atoms with Crippen LogP contribution >= 0.6 is 0 Å².